The highest BCUT2D eigenvalue weighted by molar-refractivity contribution is 7.12. The monoisotopic (exact) mass is 283 g/mol. The van der Waals surface area contributed by atoms with Gasteiger partial charge in [0.05, 0.1) is 0 Å². The molecule has 0 aliphatic heterocycles. The van der Waals surface area contributed by atoms with E-state index in [1.807, 2.05) is 11.3 Å². The van der Waals surface area contributed by atoms with Crippen molar-refractivity contribution in [1.82, 2.24) is 9.80 Å². The molecule has 1 atom stereocenters. The molecule has 3 nitrogen and oxygen atoms in total. The smallest absolute Gasteiger partial charge is 0.0481 e. The molecule has 0 amide bonds. The van der Waals surface area contributed by atoms with Crippen LogP contribution in [0.25, 0.3) is 0 Å². The van der Waals surface area contributed by atoms with E-state index in [4.69, 9.17) is 5.73 Å². The maximum Gasteiger partial charge on any atom is 0.0481 e. The molecule has 0 radical (unpaired) electrons. The molecule has 110 valence electrons. The van der Waals surface area contributed by atoms with Crippen LogP contribution in [0.5, 0.6) is 0 Å². The van der Waals surface area contributed by atoms with Crippen LogP contribution >= 0.6 is 11.3 Å². The summed E-state index contributed by atoms with van der Waals surface area (Å²) in [6.07, 6.45) is 1.19. The number of aryl methyl sites for hydroxylation is 2. The molecule has 1 unspecified atom stereocenters. The summed E-state index contributed by atoms with van der Waals surface area (Å²) in [7, 11) is 4.26. The summed E-state index contributed by atoms with van der Waals surface area (Å²) in [6, 6.07) is 2.68. The molecule has 0 saturated heterocycles. The van der Waals surface area contributed by atoms with Gasteiger partial charge in [-0.2, -0.15) is 0 Å². The van der Waals surface area contributed by atoms with Gasteiger partial charge in [0.15, 0.2) is 0 Å². The van der Waals surface area contributed by atoms with Crippen LogP contribution in [0.3, 0.4) is 0 Å². The second kappa shape index (κ2) is 8.00. The van der Waals surface area contributed by atoms with E-state index in [9.17, 15) is 0 Å². The van der Waals surface area contributed by atoms with Gasteiger partial charge in [-0.15, -0.1) is 11.3 Å². The lowest BCUT2D eigenvalue weighted by Gasteiger charge is -2.30. The predicted molar refractivity (Wildman–Crippen MR) is 86.0 cm³/mol. The quantitative estimate of drug-likeness (QED) is 0.796. The largest absolute Gasteiger partial charge is 0.329 e. The summed E-state index contributed by atoms with van der Waals surface area (Å²) in [6.45, 7) is 10.6. The third-order valence-electron chi connectivity index (χ3n) is 3.56. The molecule has 1 heterocycles. The minimum atomic E-state index is 0.372. The van der Waals surface area contributed by atoms with Crippen molar-refractivity contribution in [2.24, 2.45) is 5.73 Å². The molecule has 1 aromatic heterocycles. The van der Waals surface area contributed by atoms with E-state index in [0.717, 1.165) is 19.6 Å². The van der Waals surface area contributed by atoms with Gasteiger partial charge >= 0.3 is 0 Å². The highest BCUT2D eigenvalue weighted by Gasteiger charge is 2.20. The van der Waals surface area contributed by atoms with Crippen molar-refractivity contribution in [3.63, 3.8) is 0 Å². The minimum absolute atomic E-state index is 0.372. The molecule has 19 heavy (non-hydrogen) atoms. The molecule has 0 saturated carbocycles. The fourth-order valence-electron chi connectivity index (χ4n) is 2.58. The maximum atomic E-state index is 6.04. The molecule has 0 aliphatic rings. The first-order valence-electron chi connectivity index (χ1n) is 7.15. The van der Waals surface area contributed by atoms with E-state index in [1.54, 1.807) is 0 Å². The van der Waals surface area contributed by atoms with Crippen LogP contribution in [-0.4, -0.2) is 50.1 Å². The number of nitrogens with zero attached hydrogens (tertiary/aromatic N) is 2. The number of rotatable bonds is 8. The van der Waals surface area contributed by atoms with E-state index < -0.39 is 0 Å². The van der Waals surface area contributed by atoms with Crippen LogP contribution in [0.2, 0.25) is 0 Å². The van der Waals surface area contributed by atoms with Gasteiger partial charge in [-0.25, -0.2) is 0 Å². The van der Waals surface area contributed by atoms with Crippen molar-refractivity contribution in [2.75, 3.05) is 40.3 Å². The van der Waals surface area contributed by atoms with Gasteiger partial charge in [-0.3, -0.25) is 4.90 Å². The molecule has 0 fully saturated rings. The number of likely N-dealkylation sites (N-methyl/N-ethyl adjacent to an activating group) is 1. The van der Waals surface area contributed by atoms with Crippen molar-refractivity contribution < 1.29 is 0 Å². The van der Waals surface area contributed by atoms with Crippen molar-refractivity contribution in [1.29, 1.82) is 0 Å². The topological polar surface area (TPSA) is 32.5 Å². The van der Waals surface area contributed by atoms with Gasteiger partial charge in [0.2, 0.25) is 0 Å². The Morgan fingerprint density at radius 1 is 1.26 bits per heavy atom. The molecule has 2 N–H and O–H groups in total. The first kappa shape index (κ1) is 16.6. The Morgan fingerprint density at radius 2 is 1.95 bits per heavy atom. The third kappa shape index (κ3) is 4.88. The summed E-state index contributed by atoms with van der Waals surface area (Å²) in [5.41, 5.74) is 7.47. The van der Waals surface area contributed by atoms with Gasteiger partial charge in [0, 0.05) is 28.9 Å². The molecule has 0 aromatic carbocycles. The zero-order valence-electron chi connectivity index (χ0n) is 13.1. The highest BCUT2D eigenvalue weighted by Crippen LogP contribution is 2.29. The first-order valence-corrected chi connectivity index (χ1v) is 7.97. The van der Waals surface area contributed by atoms with Crippen LogP contribution in [0.15, 0.2) is 6.07 Å². The van der Waals surface area contributed by atoms with Crippen LogP contribution < -0.4 is 5.73 Å². The number of hydrogen-bond donors (Lipinski definition) is 1. The Kier molecular flexibility index (Phi) is 7.00. The number of hydrogen-bond acceptors (Lipinski definition) is 4. The third-order valence-corrected chi connectivity index (χ3v) is 4.54. The fourth-order valence-corrected chi connectivity index (χ4v) is 3.56. The molecule has 1 aromatic rings. The van der Waals surface area contributed by atoms with Crippen molar-refractivity contribution in [3.8, 4) is 0 Å². The van der Waals surface area contributed by atoms with Crippen molar-refractivity contribution in [2.45, 2.75) is 33.2 Å². The zero-order chi connectivity index (χ0) is 14.4. The Balaban J connectivity index is 2.72. The zero-order valence-corrected chi connectivity index (χ0v) is 13.9. The van der Waals surface area contributed by atoms with E-state index in [0.29, 0.717) is 12.6 Å². The summed E-state index contributed by atoms with van der Waals surface area (Å²) in [5.74, 6) is 0. The summed E-state index contributed by atoms with van der Waals surface area (Å²) in [5, 5.41) is 0. The lowest BCUT2D eigenvalue weighted by Crippen LogP contribution is -2.35. The van der Waals surface area contributed by atoms with Crippen LogP contribution in [0.1, 0.15) is 34.7 Å². The molecule has 0 bridgehead atoms. The van der Waals surface area contributed by atoms with E-state index >= 15 is 0 Å². The van der Waals surface area contributed by atoms with E-state index in [1.165, 1.54) is 21.7 Å². The standard InChI is InChI=1S/C15H29N3S/c1-6-18(9-7-8-17(4)5)15(11-16)14-10-12(2)19-13(14)3/h10,15H,6-9,11,16H2,1-5H3. The molecule has 0 spiro atoms. The minimum Gasteiger partial charge on any atom is -0.329 e. The SMILES string of the molecule is CCN(CCCN(C)C)C(CN)c1cc(C)sc1C. The van der Waals surface area contributed by atoms with Crippen molar-refractivity contribution in [3.05, 3.63) is 21.4 Å². The molecule has 4 heteroatoms. The van der Waals surface area contributed by atoms with Crippen molar-refractivity contribution >= 4 is 11.3 Å². The van der Waals surface area contributed by atoms with E-state index in [2.05, 4.69) is 50.7 Å². The summed E-state index contributed by atoms with van der Waals surface area (Å²) in [4.78, 5) is 7.55. The van der Waals surface area contributed by atoms with Gasteiger partial charge in [-0.05, 0) is 59.1 Å². The van der Waals surface area contributed by atoms with Gasteiger partial charge in [0.1, 0.15) is 0 Å². The lowest BCUT2D eigenvalue weighted by molar-refractivity contribution is 0.201. The predicted octanol–water partition coefficient (Wildman–Crippen LogP) is 2.64. The average molecular weight is 283 g/mol. The second-order valence-electron chi connectivity index (χ2n) is 5.41. The number of nitrogens with two attached hydrogens (primary N) is 1. The normalized spacial score (nSPS) is 13.5. The van der Waals surface area contributed by atoms with Crippen LogP contribution in [0, 0.1) is 13.8 Å². The van der Waals surface area contributed by atoms with Gasteiger partial charge in [-0.1, -0.05) is 6.92 Å². The first-order chi connectivity index (χ1) is 8.99. The van der Waals surface area contributed by atoms with Gasteiger partial charge < -0.3 is 10.6 Å². The summed E-state index contributed by atoms with van der Waals surface area (Å²) < 4.78 is 0. The summed E-state index contributed by atoms with van der Waals surface area (Å²) >= 11 is 1.88. The Morgan fingerprint density at radius 3 is 2.37 bits per heavy atom. The molecule has 1 rings (SSSR count). The van der Waals surface area contributed by atoms with Gasteiger partial charge in [0.25, 0.3) is 0 Å². The Hall–Kier alpha value is -0.420. The average Bonchev–Trinajstić information content (AvgIpc) is 2.67. The maximum absolute atomic E-state index is 6.04. The Bertz CT molecular complexity index is 373. The van der Waals surface area contributed by atoms with Crippen LogP contribution in [0.4, 0.5) is 0 Å². The van der Waals surface area contributed by atoms with Crippen LogP contribution in [-0.2, 0) is 0 Å². The number of thiophene rings is 1. The highest BCUT2D eigenvalue weighted by atomic mass is 32.1. The Labute approximate surface area is 122 Å². The fraction of sp³-hybridized carbons (Fsp3) is 0.733. The molecule has 0 aliphatic carbocycles. The second-order valence-corrected chi connectivity index (χ2v) is 6.87. The molecular formula is C15H29N3S. The van der Waals surface area contributed by atoms with E-state index in [-0.39, 0.29) is 0 Å². The lowest BCUT2D eigenvalue weighted by atomic mass is 10.1. The molecular weight excluding hydrogens is 254 g/mol.